The van der Waals surface area contributed by atoms with Gasteiger partial charge in [-0.05, 0) is 43.2 Å². The third-order valence-electron chi connectivity index (χ3n) is 4.09. The highest BCUT2D eigenvalue weighted by molar-refractivity contribution is 5.61. The third kappa shape index (κ3) is 3.50. The number of anilines is 3. The van der Waals surface area contributed by atoms with Gasteiger partial charge in [0.1, 0.15) is 11.6 Å². The normalized spacial score (nSPS) is 21.0. The number of hydrogen-bond donors (Lipinski definition) is 4. The number of nitrogens with one attached hydrogen (secondary N) is 1. The van der Waals surface area contributed by atoms with E-state index in [2.05, 4.69) is 24.1 Å². The predicted molar refractivity (Wildman–Crippen MR) is 78.8 cm³/mol. The van der Waals surface area contributed by atoms with Crippen molar-refractivity contribution in [3.8, 4) is 0 Å². The highest BCUT2D eigenvalue weighted by Gasteiger charge is 2.36. The second-order valence-corrected chi connectivity index (χ2v) is 6.41. The molecule has 1 fully saturated rings. The van der Waals surface area contributed by atoms with Crippen molar-refractivity contribution < 1.29 is 5.11 Å². The van der Waals surface area contributed by atoms with Crippen molar-refractivity contribution in [3.05, 3.63) is 12.1 Å². The second-order valence-electron chi connectivity index (χ2n) is 6.41. The fourth-order valence-corrected chi connectivity index (χ4v) is 2.41. The first-order valence-corrected chi connectivity index (χ1v) is 6.78. The van der Waals surface area contributed by atoms with Gasteiger partial charge < -0.3 is 21.9 Å². The Labute approximate surface area is 114 Å². The summed E-state index contributed by atoms with van der Waals surface area (Å²) in [6.45, 7) is 5.00. The Morgan fingerprint density at radius 2 is 1.84 bits per heavy atom. The van der Waals surface area contributed by atoms with Crippen LogP contribution in [0, 0.1) is 5.41 Å². The van der Waals surface area contributed by atoms with E-state index < -0.39 is 5.60 Å². The second kappa shape index (κ2) is 4.89. The summed E-state index contributed by atoms with van der Waals surface area (Å²) >= 11 is 0. The van der Waals surface area contributed by atoms with Crippen LogP contribution in [0.15, 0.2) is 12.1 Å². The molecule has 0 atom stereocenters. The Balaban J connectivity index is 1.93. The number of aromatic nitrogens is 1. The molecule has 1 saturated carbocycles. The molecule has 6 N–H and O–H groups in total. The quantitative estimate of drug-likeness (QED) is 0.669. The summed E-state index contributed by atoms with van der Waals surface area (Å²) in [6.07, 6.45) is 3.72. The Morgan fingerprint density at radius 3 is 2.42 bits per heavy atom. The van der Waals surface area contributed by atoms with Crippen molar-refractivity contribution in [2.75, 3.05) is 23.3 Å². The van der Waals surface area contributed by atoms with Gasteiger partial charge in [-0.25, -0.2) is 4.98 Å². The van der Waals surface area contributed by atoms with Crippen molar-refractivity contribution in [1.29, 1.82) is 0 Å². The molecule has 2 rings (SSSR count). The molecular formula is C14H24N4O. The van der Waals surface area contributed by atoms with Gasteiger partial charge in [0, 0.05) is 6.54 Å². The lowest BCUT2D eigenvalue weighted by Crippen LogP contribution is -2.42. The summed E-state index contributed by atoms with van der Waals surface area (Å²) in [5.74, 6) is 0.978. The van der Waals surface area contributed by atoms with E-state index in [4.69, 9.17) is 11.5 Å². The highest BCUT2D eigenvalue weighted by atomic mass is 16.3. The summed E-state index contributed by atoms with van der Waals surface area (Å²) in [6, 6.07) is 3.50. The maximum Gasteiger partial charge on any atom is 0.149 e. The SMILES string of the molecule is CC1(C)CCC(O)(CNc2ccc(N)c(N)n2)CC1. The lowest BCUT2D eigenvalue weighted by molar-refractivity contribution is -0.0145. The molecule has 1 aromatic rings. The standard InChI is InChI=1S/C14H24N4O/c1-13(2)5-7-14(19,8-6-13)9-17-11-4-3-10(15)12(16)18-11/h3-4,19H,5-9,15H2,1-2H3,(H3,16,17,18). The van der Waals surface area contributed by atoms with Crippen LogP contribution in [-0.4, -0.2) is 22.2 Å². The number of nitrogens with two attached hydrogens (primary N) is 2. The first-order valence-electron chi connectivity index (χ1n) is 6.78. The van der Waals surface area contributed by atoms with E-state index in [1.165, 1.54) is 0 Å². The molecule has 5 heteroatoms. The zero-order valence-corrected chi connectivity index (χ0v) is 11.7. The van der Waals surface area contributed by atoms with Gasteiger partial charge in [-0.1, -0.05) is 13.8 Å². The summed E-state index contributed by atoms with van der Waals surface area (Å²) in [4.78, 5) is 4.15. The fourth-order valence-electron chi connectivity index (χ4n) is 2.41. The van der Waals surface area contributed by atoms with Gasteiger partial charge in [-0.2, -0.15) is 0 Å². The molecule has 0 saturated heterocycles. The first kappa shape index (κ1) is 13.9. The lowest BCUT2D eigenvalue weighted by Gasteiger charge is -2.40. The zero-order chi connectivity index (χ0) is 14.1. The number of nitrogen functional groups attached to an aromatic ring is 2. The number of hydrogen-bond acceptors (Lipinski definition) is 5. The minimum absolute atomic E-state index is 0.321. The number of rotatable bonds is 3. The van der Waals surface area contributed by atoms with E-state index in [0.717, 1.165) is 25.7 Å². The summed E-state index contributed by atoms with van der Waals surface area (Å²) in [5.41, 5.74) is 11.5. The lowest BCUT2D eigenvalue weighted by atomic mass is 9.71. The number of nitrogens with zero attached hydrogens (tertiary/aromatic N) is 1. The van der Waals surface area contributed by atoms with Crippen molar-refractivity contribution in [2.24, 2.45) is 5.41 Å². The van der Waals surface area contributed by atoms with Crippen LogP contribution in [0.3, 0.4) is 0 Å². The van der Waals surface area contributed by atoms with Crippen LogP contribution in [0.4, 0.5) is 17.3 Å². The molecule has 0 unspecified atom stereocenters. The number of aliphatic hydroxyl groups is 1. The van der Waals surface area contributed by atoms with Crippen LogP contribution in [0.2, 0.25) is 0 Å². The largest absolute Gasteiger partial charge is 0.396 e. The van der Waals surface area contributed by atoms with Gasteiger partial charge in [-0.15, -0.1) is 0 Å². The Morgan fingerprint density at radius 1 is 1.21 bits per heavy atom. The topological polar surface area (TPSA) is 97.2 Å². The molecule has 1 aromatic heterocycles. The van der Waals surface area contributed by atoms with Gasteiger partial charge in [0.15, 0.2) is 0 Å². The van der Waals surface area contributed by atoms with Crippen molar-refractivity contribution in [3.63, 3.8) is 0 Å². The summed E-state index contributed by atoms with van der Waals surface area (Å²) in [5, 5.41) is 13.7. The van der Waals surface area contributed by atoms with E-state index in [1.807, 2.05) is 0 Å². The van der Waals surface area contributed by atoms with E-state index in [0.29, 0.717) is 29.3 Å². The van der Waals surface area contributed by atoms with Crippen molar-refractivity contribution >= 4 is 17.3 Å². The average molecular weight is 264 g/mol. The van der Waals surface area contributed by atoms with Crippen LogP contribution in [0.25, 0.3) is 0 Å². The maximum absolute atomic E-state index is 10.5. The van der Waals surface area contributed by atoms with Crippen molar-refractivity contribution in [1.82, 2.24) is 4.98 Å². The summed E-state index contributed by atoms with van der Waals surface area (Å²) < 4.78 is 0. The molecule has 106 valence electrons. The fraction of sp³-hybridized carbons (Fsp3) is 0.643. The van der Waals surface area contributed by atoms with E-state index in [9.17, 15) is 5.11 Å². The molecule has 19 heavy (non-hydrogen) atoms. The molecule has 1 aliphatic rings. The Hall–Kier alpha value is -1.49. The molecule has 0 spiro atoms. The minimum atomic E-state index is -0.645. The van der Waals surface area contributed by atoms with Gasteiger partial charge in [0.2, 0.25) is 0 Å². The van der Waals surface area contributed by atoms with E-state index >= 15 is 0 Å². The zero-order valence-electron chi connectivity index (χ0n) is 11.7. The predicted octanol–water partition coefficient (Wildman–Crippen LogP) is 1.99. The number of pyridine rings is 1. The van der Waals surface area contributed by atoms with Gasteiger partial charge in [0.05, 0.1) is 11.3 Å². The van der Waals surface area contributed by atoms with E-state index in [1.54, 1.807) is 12.1 Å². The van der Waals surface area contributed by atoms with Crippen LogP contribution in [-0.2, 0) is 0 Å². The highest BCUT2D eigenvalue weighted by Crippen LogP contribution is 2.40. The van der Waals surface area contributed by atoms with Crippen LogP contribution >= 0.6 is 0 Å². The monoisotopic (exact) mass is 264 g/mol. The van der Waals surface area contributed by atoms with E-state index in [-0.39, 0.29) is 0 Å². The minimum Gasteiger partial charge on any atom is -0.396 e. The maximum atomic E-state index is 10.5. The first-order chi connectivity index (χ1) is 8.80. The molecule has 5 nitrogen and oxygen atoms in total. The molecule has 1 aliphatic carbocycles. The van der Waals surface area contributed by atoms with Crippen LogP contribution in [0.1, 0.15) is 39.5 Å². The Kier molecular flexibility index (Phi) is 3.58. The van der Waals surface area contributed by atoms with Crippen LogP contribution < -0.4 is 16.8 Å². The van der Waals surface area contributed by atoms with Gasteiger partial charge in [-0.3, -0.25) is 0 Å². The smallest absolute Gasteiger partial charge is 0.149 e. The average Bonchev–Trinajstić information content (AvgIpc) is 2.36. The molecule has 1 heterocycles. The third-order valence-corrected chi connectivity index (χ3v) is 4.09. The van der Waals surface area contributed by atoms with Crippen LogP contribution in [0.5, 0.6) is 0 Å². The molecule has 0 radical (unpaired) electrons. The van der Waals surface area contributed by atoms with Gasteiger partial charge >= 0.3 is 0 Å². The molecule has 0 bridgehead atoms. The molecule has 0 amide bonds. The van der Waals surface area contributed by atoms with Crippen molar-refractivity contribution in [2.45, 2.75) is 45.1 Å². The summed E-state index contributed by atoms with van der Waals surface area (Å²) in [7, 11) is 0. The Bertz CT molecular complexity index is 449. The molecular weight excluding hydrogens is 240 g/mol. The van der Waals surface area contributed by atoms with Gasteiger partial charge in [0.25, 0.3) is 0 Å². The molecule has 0 aromatic carbocycles. The molecule has 0 aliphatic heterocycles.